The monoisotopic (exact) mass is 200 g/mol. The van der Waals surface area contributed by atoms with Crippen LogP contribution in [0.2, 0.25) is 0 Å². The van der Waals surface area contributed by atoms with Gasteiger partial charge in [0, 0.05) is 11.3 Å². The molecule has 0 radical (unpaired) electrons. The van der Waals surface area contributed by atoms with E-state index in [0.29, 0.717) is 5.16 Å². The van der Waals surface area contributed by atoms with E-state index in [1.165, 1.54) is 22.8 Å². The first-order chi connectivity index (χ1) is 6.11. The molecule has 6 nitrogen and oxygen atoms in total. The summed E-state index contributed by atoms with van der Waals surface area (Å²) in [5.74, 6) is 4.62. The van der Waals surface area contributed by atoms with Crippen molar-refractivity contribution in [3.8, 4) is 0 Å². The Hall–Kier alpha value is -1.50. The van der Waals surface area contributed by atoms with Gasteiger partial charge >= 0.3 is 5.97 Å². The number of carboxylic acid groups (broad SMARTS) is 1. The summed E-state index contributed by atoms with van der Waals surface area (Å²) in [6.07, 6.45) is 1.34. The number of aromatic nitrogens is 3. The summed E-state index contributed by atoms with van der Waals surface area (Å²) in [5, 5.41) is 16.2. The number of carbonyl (C=O) groups is 1. The minimum atomic E-state index is -1.02. The van der Waals surface area contributed by atoms with Crippen LogP contribution >= 0.6 is 11.8 Å². The van der Waals surface area contributed by atoms with Crippen molar-refractivity contribution >= 4 is 17.7 Å². The highest BCUT2D eigenvalue weighted by atomic mass is 32.2. The van der Waals surface area contributed by atoms with Gasteiger partial charge in [-0.15, -0.1) is 10.2 Å². The highest BCUT2D eigenvalue weighted by molar-refractivity contribution is 7.99. The number of hydrogen-bond donors (Lipinski definition) is 2. The maximum absolute atomic E-state index is 10.4. The van der Waals surface area contributed by atoms with Crippen LogP contribution in [0.25, 0.3) is 0 Å². The van der Waals surface area contributed by atoms with Crippen molar-refractivity contribution in [2.24, 2.45) is 0 Å². The lowest BCUT2D eigenvalue weighted by Crippen LogP contribution is -2.09. The normalized spacial score (nSPS) is 9.85. The summed E-state index contributed by atoms with van der Waals surface area (Å²) in [6.45, 7) is 3.36. The van der Waals surface area contributed by atoms with Crippen molar-refractivity contribution in [1.82, 2.24) is 14.9 Å². The van der Waals surface area contributed by atoms with Crippen molar-refractivity contribution < 1.29 is 9.90 Å². The smallest absolute Gasteiger partial charge is 0.331 e. The Balaban J connectivity index is 2.48. The van der Waals surface area contributed by atoms with E-state index >= 15 is 0 Å². The van der Waals surface area contributed by atoms with Gasteiger partial charge in [0.05, 0.1) is 0 Å². The van der Waals surface area contributed by atoms with Gasteiger partial charge in [-0.05, 0) is 0 Å². The number of nitrogens with zero attached hydrogens (tertiary/aromatic N) is 3. The highest BCUT2D eigenvalue weighted by Crippen LogP contribution is 2.15. The lowest BCUT2D eigenvalue weighted by Gasteiger charge is -1.99. The third kappa shape index (κ3) is 2.48. The maximum Gasteiger partial charge on any atom is 0.331 e. The molecule has 0 unspecified atom stereocenters. The van der Waals surface area contributed by atoms with Gasteiger partial charge in [-0.2, -0.15) is 0 Å². The molecule has 0 saturated heterocycles. The van der Waals surface area contributed by atoms with Crippen LogP contribution in [0.3, 0.4) is 0 Å². The number of nitrogen functional groups attached to an aromatic ring is 1. The number of carboxylic acids is 1. The fourth-order valence-corrected chi connectivity index (χ4v) is 1.28. The first kappa shape index (κ1) is 9.59. The van der Waals surface area contributed by atoms with Crippen molar-refractivity contribution in [2.75, 3.05) is 11.6 Å². The Labute approximate surface area is 78.4 Å². The lowest BCUT2D eigenvalue weighted by molar-refractivity contribution is -0.132. The molecular weight excluding hydrogens is 192 g/mol. The van der Waals surface area contributed by atoms with Gasteiger partial charge in [0.2, 0.25) is 5.16 Å². The summed E-state index contributed by atoms with van der Waals surface area (Å²) in [4.78, 5) is 10.4. The van der Waals surface area contributed by atoms with Crippen LogP contribution in [0, 0.1) is 0 Å². The first-order valence-electron chi connectivity index (χ1n) is 3.30. The molecule has 0 fully saturated rings. The lowest BCUT2D eigenvalue weighted by atomic mass is 10.4. The number of hydrogen-bond acceptors (Lipinski definition) is 5. The fourth-order valence-electron chi connectivity index (χ4n) is 0.549. The molecule has 70 valence electrons. The van der Waals surface area contributed by atoms with Crippen molar-refractivity contribution in [1.29, 1.82) is 0 Å². The summed E-state index contributed by atoms with van der Waals surface area (Å²) >= 11 is 1.17. The average Bonchev–Trinajstić information content (AvgIpc) is 2.47. The Morgan fingerprint density at radius 2 is 2.54 bits per heavy atom. The first-order valence-corrected chi connectivity index (χ1v) is 4.29. The molecule has 7 heteroatoms. The molecule has 13 heavy (non-hydrogen) atoms. The molecule has 0 saturated carbocycles. The Bertz CT molecular complexity index is 335. The van der Waals surface area contributed by atoms with Gasteiger partial charge < -0.3 is 10.9 Å². The van der Waals surface area contributed by atoms with Gasteiger partial charge in [-0.25, -0.2) is 9.47 Å². The van der Waals surface area contributed by atoms with E-state index in [4.69, 9.17) is 10.9 Å². The van der Waals surface area contributed by atoms with E-state index in [1.807, 2.05) is 0 Å². The minimum absolute atomic E-state index is 0.105. The molecule has 0 bridgehead atoms. The molecule has 1 aromatic rings. The topological polar surface area (TPSA) is 94.0 Å². The Morgan fingerprint density at radius 1 is 1.85 bits per heavy atom. The predicted molar refractivity (Wildman–Crippen MR) is 47.7 cm³/mol. The highest BCUT2D eigenvalue weighted by Gasteiger charge is 2.07. The Kier molecular flexibility index (Phi) is 2.91. The molecule has 0 aromatic carbocycles. The molecule has 0 spiro atoms. The average molecular weight is 200 g/mol. The van der Waals surface area contributed by atoms with E-state index in [1.54, 1.807) is 0 Å². The van der Waals surface area contributed by atoms with Crippen LogP contribution < -0.4 is 5.84 Å². The van der Waals surface area contributed by atoms with Crippen LogP contribution in [0.1, 0.15) is 0 Å². The van der Waals surface area contributed by atoms with E-state index in [9.17, 15) is 4.79 Å². The van der Waals surface area contributed by atoms with Gasteiger partial charge in [-0.1, -0.05) is 18.3 Å². The van der Waals surface area contributed by atoms with Crippen LogP contribution in [-0.2, 0) is 4.79 Å². The van der Waals surface area contributed by atoms with Gasteiger partial charge in [-0.3, -0.25) is 0 Å². The van der Waals surface area contributed by atoms with Gasteiger partial charge in [0.1, 0.15) is 6.33 Å². The molecule has 0 amide bonds. The van der Waals surface area contributed by atoms with Crippen LogP contribution in [0.15, 0.2) is 23.6 Å². The number of thioether (sulfide) groups is 1. The summed E-state index contributed by atoms with van der Waals surface area (Å²) in [6, 6.07) is 0. The van der Waals surface area contributed by atoms with Crippen LogP contribution in [0.5, 0.6) is 0 Å². The molecule has 1 rings (SSSR count). The second kappa shape index (κ2) is 3.94. The molecule has 0 aliphatic heterocycles. The third-order valence-electron chi connectivity index (χ3n) is 1.22. The Morgan fingerprint density at radius 3 is 3.00 bits per heavy atom. The fraction of sp³-hybridized carbons (Fsp3) is 0.167. The maximum atomic E-state index is 10.4. The SMILES string of the molecule is C=C(CSc1nncn1N)C(=O)O. The standard InChI is InChI=1S/C6H8N4O2S/c1-4(5(11)12)2-13-6-9-8-3-10(6)7/h3H,1-2,7H2,(H,11,12). The number of aliphatic carboxylic acids is 1. The quantitative estimate of drug-likeness (QED) is 0.394. The molecule has 1 heterocycles. The molecular formula is C6H8N4O2S. The zero-order valence-corrected chi connectivity index (χ0v) is 7.49. The number of nitrogens with two attached hydrogens (primary N) is 1. The molecule has 1 aromatic heterocycles. The van der Waals surface area contributed by atoms with E-state index in [0.717, 1.165) is 0 Å². The predicted octanol–water partition coefficient (Wildman–Crippen LogP) is -0.275. The van der Waals surface area contributed by atoms with E-state index < -0.39 is 5.97 Å². The summed E-state index contributed by atoms with van der Waals surface area (Å²) < 4.78 is 1.22. The molecule has 0 aliphatic rings. The zero-order valence-electron chi connectivity index (χ0n) is 6.67. The largest absolute Gasteiger partial charge is 0.478 e. The van der Waals surface area contributed by atoms with Crippen molar-refractivity contribution in [3.05, 3.63) is 18.5 Å². The summed E-state index contributed by atoms with van der Waals surface area (Å²) in [5.41, 5.74) is 0.105. The van der Waals surface area contributed by atoms with E-state index in [2.05, 4.69) is 16.8 Å². The number of rotatable bonds is 4. The van der Waals surface area contributed by atoms with Crippen molar-refractivity contribution in [2.45, 2.75) is 5.16 Å². The summed E-state index contributed by atoms with van der Waals surface area (Å²) in [7, 11) is 0. The van der Waals surface area contributed by atoms with Crippen molar-refractivity contribution in [3.63, 3.8) is 0 Å². The molecule has 0 atom stereocenters. The molecule has 3 N–H and O–H groups in total. The zero-order chi connectivity index (χ0) is 9.84. The second-order valence-corrected chi connectivity index (χ2v) is 3.16. The van der Waals surface area contributed by atoms with Crippen LogP contribution in [0.4, 0.5) is 0 Å². The second-order valence-electron chi connectivity index (χ2n) is 2.22. The van der Waals surface area contributed by atoms with Gasteiger partial charge in [0.25, 0.3) is 0 Å². The van der Waals surface area contributed by atoms with Crippen LogP contribution in [-0.4, -0.2) is 31.7 Å². The van der Waals surface area contributed by atoms with Gasteiger partial charge in [0.15, 0.2) is 0 Å². The third-order valence-corrected chi connectivity index (χ3v) is 2.26. The van der Waals surface area contributed by atoms with E-state index in [-0.39, 0.29) is 11.3 Å². The molecule has 0 aliphatic carbocycles. The minimum Gasteiger partial charge on any atom is -0.478 e.